The number of aryl methyl sites for hydroxylation is 2. The van der Waals surface area contributed by atoms with Crippen LogP contribution in [0.3, 0.4) is 0 Å². The lowest BCUT2D eigenvalue weighted by molar-refractivity contribution is 0.413. The monoisotopic (exact) mass is 264 g/mol. The van der Waals surface area contributed by atoms with Crippen LogP contribution in [0.2, 0.25) is 0 Å². The molecule has 2 aromatic rings. The molecule has 3 nitrogen and oxygen atoms in total. The number of ether oxygens (including phenoxy) is 1. The molecule has 1 aromatic carbocycles. The second kappa shape index (κ2) is 5.22. The molecule has 2 rings (SSSR count). The normalized spacial score (nSPS) is 10.5. The summed E-state index contributed by atoms with van der Waals surface area (Å²) in [5, 5.41) is 0. The molecule has 1 aromatic heterocycles. The molecule has 0 spiro atoms. The molecule has 0 saturated heterocycles. The molecule has 0 radical (unpaired) electrons. The Morgan fingerprint density at radius 3 is 2.63 bits per heavy atom. The van der Waals surface area contributed by atoms with Gasteiger partial charge in [-0.1, -0.05) is 6.92 Å². The molecule has 1 heterocycles. The molecule has 0 atom stereocenters. The van der Waals surface area contributed by atoms with E-state index in [-0.39, 0.29) is 11.4 Å². The minimum atomic E-state index is -1.09. The highest BCUT2D eigenvalue weighted by atomic mass is 19.2. The highest BCUT2D eigenvalue weighted by molar-refractivity contribution is 5.55. The third kappa shape index (κ3) is 2.65. The Labute approximate surface area is 110 Å². The van der Waals surface area contributed by atoms with Gasteiger partial charge in [-0.15, -0.1) is 0 Å². The summed E-state index contributed by atoms with van der Waals surface area (Å²) in [6, 6.07) is 5.64. The molecule has 19 heavy (non-hydrogen) atoms. The van der Waals surface area contributed by atoms with E-state index in [9.17, 15) is 8.78 Å². The summed E-state index contributed by atoms with van der Waals surface area (Å²) in [7, 11) is 0. The lowest BCUT2D eigenvalue weighted by atomic mass is 10.2. The second-order valence-electron chi connectivity index (χ2n) is 4.13. The van der Waals surface area contributed by atoms with E-state index in [2.05, 4.69) is 4.98 Å². The topological polar surface area (TPSA) is 48.1 Å². The maximum atomic E-state index is 13.7. The molecular formula is C14H14F2N2O. The van der Waals surface area contributed by atoms with E-state index in [0.29, 0.717) is 17.9 Å². The number of hydrogen-bond donors (Lipinski definition) is 1. The van der Waals surface area contributed by atoms with Gasteiger partial charge in [0.15, 0.2) is 11.6 Å². The van der Waals surface area contributed by atoms with Crippen molar-refractivity contribution >= 4 is 5.69 Å². The Hall–Kier alpha value is -2.17. The molecule has 0 fully saturated rings. The highest BCUT2D eigenvalue weighted by Gasteiger charge is 2.16. The molecule has 0 aliphatic heterocycles. The quantitative estimate of drug-likeness (QED) is 0.861. The molecule has 0 aliphatic rings. The van der Waals surface area contributed by atoms with Crippen molar-refractivity contribution in [3.63, 3.8) is 0 Å². The van der Waals surface area contributed by atoms with Crippen LogP contribution in [0.15, 0.2) is 24.3 Å². The minimum Gasteiger partial charge on any atom is -0.450 e. The predicted octanol–water partition coefficient (Wildman–Crippen LogP) is 3.61. The summed E-state index contributed by atoms with van der Waals surface area (Å²) in [6.45, 7) is 3.75. The number of halogens is 2. The van der Waals surface area contributed by atoms with E-state index in [1.165, 1.54) is 6.07 Å². The number of nitrogens with two attached hydrogens (primary N) is 1. The van der Waals surface area contributed by atoms with Crippen LogP contribution >= 0.6 is 0 Å². The van der Waals surface area contributed by atoms with Crippen LogP contribution in [0, 0.1) is 18.6 Å². The van der Waals surface area contributed by atoms with Gasteiger partial charge in [-0.05, 0) is 37.6 Å². The smallest absolute Gasteiger partial charge is 0.203 e. The minimum absolute atomic E-state index is 0.0431. The van der Waals surface area contributed by atoms with Gasteiger partial charge >= 0.3 is 0 Å². The van der Waals surface area contributed by atoms with E-state index in [1.54, 1.807) is 12.1 Å². The first kappa shape index (κ1) is 13.3. The molecule has 2 N–H and O–H groups in total. The third-order valence-electron chi connectivity index (χ3n) is 2.70. The fourth-order valence-corrected chi connectivity index (χ4v) is 1.70. The average molecular weight is 264 g/mol. The lowest BCUT2D eigenvalue weighted by Crippen LogP contribution is -2.01. The Morgan fingerprint density at radius 2 is 1.95 bits per heavy atom. The first-order chi connectivity index (χ1) is 9.02. The van der Waals surface area contributed by atoms with Crippen LogP contribution in [-0.2, 0) is 6.42 Å². The third-order valence-corrected chi connectivity index (χ3v) is 2.70. The van der Waals surface area contributed by atoms with E-state index < -0.39 is 11.6 Å². The zero-order valence-electron chi connectivity index (χ0n) is 10.7. The summed E-state index contributed by atoms with van der Waals surface area (Å²) < 4.78 is 32.2. The molecule has 0 aliphatic carbocycles. The van der Waals surface area contributed by atoms with Crippen molar-refractivity contribution in [1.82, 2.24) is 4.98 Å². The van der Waals surface area contributed by atoms with Gasteiger partial charge in [0.05, 0.1) is 11.4 Å². The van der Waals surface area contributed by atoms with Gasteiger partial charge in [0.1, 0.15) is 5.75 Å². The van der Waals surface area contributed by atoms with Gasteiger partial charge in [-0.2, -0.15) is 4.39 Å². The number of hydrogen-bond acceptors (Lipinski definition) is 3. The maximum absolute atomic E-state index is 13.7. The molecule has 0 unspecified atom stereocenters. The highest BCUT2D eigenvalue weighted by Crippen LogP contribution is 2.33. The molecule has 0 saturated carbocycles. The van der Waals surface area contributed by atoms with Gasteiger partial charge in [-0.25, -0.2) is 4.39 Å². The summed E-state index contributed by atoms with van der Waals surface area (Å²) in [6.07, 6.45) is 0.619. The van der Waals surface area contributed by atoms with Crippen molar-refractivity contribution < 1.29 is 13.5 Å². The number of anilines is 1. The second-order valence-corrected chi connectivity index (χ2v) is 4.13. The van der Waals surface area contributed by atoms with E-state index in [0.717, 1.165) is 11.8 Å². The Morgan fingerprint density at radius 1 is 1.21 bits per heavy atom. The lowest BCUT2D eigenvalue weighted by Gasteiger charge is -2.12. The Kier molecular flexibility index (Phi) is 3.64. The van der Waals surface area contributed by atoms with Crippen LogP contribution in [0.25, 0.3) is 0 Å². The van der Waals surface area contributed by atoms with Gasteiger partial charge in [0, 0.05) is 5.69 Å². The number of benzene rings is 1. The van der Waals surface area contributed by atoms with Crippen molar-refractivity contribution in [3.05, 3.63) is 47.3 Å². The fraction of sp³-hybridized carbons (Fsp3) is 0.214. The molecule has 0 bridgehead atoms. The van der Waals surface area contributed by atoms with Crippen molar-refractivity contribution in [3.8, 4) is 11.5 Å². The average Bonchev–Trinajstić information content (AvgIpc) is 2.40. The number of rotatable bonds is 3. The number of aromatic nitrogens is 1. The zero-order valence-corrected chi connectivity index (χ0v) is 10.7. The van der Waals surface area contributed by atoms with E-state index >= 15 is 0 Å². The summed E-state index contributed by atoms with van der Waals surface area (Å²) in [4.78, 5) is 4.29. The molecule has 5 heteroatoms. The van der Waals surface area contributed by atoms with Crippen molar-refractivity contribution in [2.75, 3.05) is 5.73 Å². The Bertz CT molecular complexity index is 615. The number of pyridine rings is 1. The largest absolute Gasteiger partial charge is 0.450 e. The molecule has 0 amide bonds. The zero-order chi connectivity index (χ0) is 14.0. The first-order valence-corrected chi connectivity index (χ1v) is 5.90. The van der Waals surface area contributed by atoms with Gasteiger partial charge in [0.2, 0.25) is 5.82 Å². The van der Waals surface area contributed by atoms with Gasteiger partial charge in [0.25, 0.3) is 0 Å². The Balaban J connectivity index is 2.44. The van der Waals surface area contributed by atoms with E-state index in [4.69, 9.17) is 10.5 Å². The van der Waals surface area contributed by atoms with Crippen molar-refractivity contribution in [2.45, 2.75) is 20.3 Å². The molecule has 100 valence electrons. The summed E-state index contributed by atoms with van der Waals surface area (Å²) in [5.74, 6) is -2.02. The summed E-state index contributed by atoms with van der Waals surface area (Å²) >= 11 is 0. The summed E-state index contributed by atoms with van der Waals surface area (Å²) in [5.41, 5.74) is 7.15. The van der Waals surface area contributed by atoms with Gasteiger partial charge in [-0.3, -0.25) is 4.98 Å². The number of nitrogen functional groups attached to an aromatic ring is 1. The van der Waals surface area contributed by atoms with Crippen molar-refractivity contribution in [2.24, 2.45) is 0 Å². The van der Waals surface area contributed by atoms with Crippen LogP contribution < -0.4 is 10.5 Å². The predicted molar refractivity (Wildman–Crippen MR) is 69.2 cm³/mol. The van der Waals surface area contributed by atoms with Crippen LogP contribution in [-0.4, -0.2) is 4.98 Å². The maximum Gasteiger partial charge on any atom is 0.203 e. The standard InChI is InChI=1S/C14H14F2N2O/c1-3-11-12(7-4-8(2)18-11)19-14-10(17)6-5-9(15)13(14)16/h4-7H,3,17H2,1-2H3. The number of nitrogens with zero attached hydrogens (tertiary/aromatic N) is 1. The van der Waals surface area contributed by atoms with Crippen LogP contribution in [0.1, 0.15) is 18.3 Å². The fourth-order valence-electron chi connectivity index (χ4n) is 1.70. The SMILES string of the molecule is CCc1nc(C)ccc1Oc1c(N)ccc(F)c1F. The van der Waals surface area contributed by atoms with Crippen LogP contribution in [0.5, 0.6) is 11.5 Å². The first-order valence-electron chi connectivity index (χ1n) is 5.90. The van der Waals surface area contributed by atoms with Crippen LogP contribution in [0.4, 0.5) is 14.5 Å². The van der Waals surface area contributed by atoms with Gasteiger partial charge < -0.3 is 10.5 Å². The molecular weight excluding hydrogens is 250 g/mol. The van der Waals surface area contributed by atoms with Crippen molar-refractivity contribution in [1.29, 1.82) is 0 Å². The van der Waals surface area contributed by atoms with E-state index in [1.807, 2.05) is 13.8 Å².